The topological polar surface area (TPSA) is 105 Å². The van der Waals surface area contributed by atoms with Crippen LogP contribution in [-0.4, -0.2) is 31.6 Å². The van der Waals surface area contributed by atoms with Crippen molar-refractivity contribution in [1.82, 2.24) is 19.6 Å². The minimum atomic E-state index is -0.608. The van der Waals surface area contributed by atoms with Crippen molar-refractivity contribution in [2.24, 2.45) is 0 Å². The average molecular weight is 406 g/mol. The van der Waals surface area contributed by atoms with Crippen molar-refractivity contribution in [3.05, 3.63) is 47.3 Å². The van der Waals surface area contributed by atoms with Crippen molar-refractivity contribution in [2.75, 3.05) is 5.32 Å². The predicted octanol–water partition coefficient (Wildman–Crippen LogP) is 3.08. The van der Waals surface area contributed by atoms with Gasteiger partial charge in [-0.25, -0.2) is 14.5 Å². The first kappa shape index (κ1) is 18.5. The number of nitriles is 1. The number of nitrogens with one attached hydrogen (secondary N) is 1. The molecule has 3 aromatic heterocycles. The van der Waals surface area contributed by atoms with Gasteiger partial charge in [0.2, 0.25) is 17.7 Å². The zero-order valence-corrected chi connectivity index (χ0v) is 16.5. The molecule has 1 fully saturated rings. The maximum Gasteiger partial charge on any atom is 0.235 e. The van der Waals surface area contributed by atoms with Crippen LogP contribution in [0.1, 0.15) is 55.8 Å². The molecule has 2 aliphatic rings. The predicted molar refractivity (Wildman–Crippen MR) is 105 cm³/mol. The molecule has 1 N–H and O–H groups in total. The Hall–Kier alpha value is -3.54. The first-order valence-corrected chi connectivity index (χ1v) is 9.78. The molecule has 1 amide bonds. The largest absolute Gasteiger partial charge is 0.473 e. The van der Waals surface area contributed by atoms with E-state index < -0.39 is 17.3 Å². The molecule has 0 unspecified atom stereocenters. The number of carbonyl (C=O) groups is 1. The first-order chi connectivity index (χ1) is 14.4. The zero-order chi connectivity index (χ0) is 21.0. The van der Waals surface area contributed by atoms with Crippen LogP contribution in [0.15, 0.2) is 24.5 Å². The molecule has 3 aromatic rings. The van der Waals surface area contributed by atoms with E-state index in [4.69, 9.17) is 4.74 Å². The van der Waals surface area contributed by atoms with Crippen LogP contribution in [-0.2, 0) is 10.2 Å². The number of rotatable bonds is 4. The summed E-state index contributed by atoms with van der Waals surface area (Å²) in [4.78, 5) is 21.6. The molecule has 0 aliphatic heterocycles. The SMILES string of the molecule is CC1(C)C[C@H](C(=O)Nc2cnc(OC3CC3)c(C#N)c2)c2cnc3cc(F)nn3c21. The molecule has 0 spiro atoms. The quantitative estimate of drug-likeness (QED) is 0.714. The molecule has 5 rings (SSSR count). The molecule has 0 bridgehead atoms. The van der Waals surface area contributed by atoms with Crippen LogP contribution in [0.2, 0.25) is 0 Å². The number of carbonyl (C=O) groups excluding carboxylic acids is 1. The van der Waals surface area contributed by atoms with Gasteiger partial charge < -0.3 is 10.1 Å². The highest BCUT2D eigenvalue weighted by Gasteiger charge is 2.43. The molecule has 152 valence electrons. The second-order valence-corrected chi connectivity index (χ2v) is 8.43. The lowest BCUT2D eigenvalue weighted by Crippen LogP contribution is -2.21. The monoisotopic (exact) mass is 406 g/mol. The number of ether oxygens (including phenoxy) is 1. The van der Waals surface area contributed by atoms with Gasteiger partial charge in [-0.3, -0.25) is 4.79 Å². The smallest absolute Gasteiger partial charge is 0.235 e. The molecule has 9 heteroatoms. The number of halogens is 1. The fraction of sp³-hybridized carbons (Fsp3) is 0.381. The highest BCUT2D eigenvalue weighted by Crippen LogP contribution is 2.45. The normalized spacial score (nSPS) is 19.3. The molecule has 0 saturated heterocycles. The Morgan fingerprint density at radius 2 is 2.13 bits per heavy atom. The number of hydrogen-bond acceptors (Lipinski definition) is 6. The maximum atomic E-state index is 13.7. The lowest BCUT2D eigenvalue weighted by molar-refractivity contribution is -0.117. The molecule has 30 heavy (non-hydrogen) atoms. The number of aromatic nitrogens is 4. The van der Waals surface area contributed by atoms with Crippen LogP contribution in [0.3, 0.4) is 0 Å². The van der Waals surface area contributed by atoms with E-state index in [-0.39, 0.29) is 23.5 Å². The van der Waals surface area contributed by atoms with Gasteiger partial charge >= 0.3 is 0 Å². The zero-order valence-electron chi connectivity index (χ0n) is 16.5. The summed E-state index contributed by atoms with van der Waals surface area (Å²) in [6, 6.07) is 4.90. The summed E-state index contributed by atoms with van der Waals surface area (Å²) in [7, 11) is 0. The van der Waals surface area contributed by atoms with E-state index in [0.29, 0.717) is 17.8 Å². The lowest BCUT2D eigenvalue weighted by Gasteiger charge is -2.19. The Bertz CT molecular complexity index is 1220. The van der Waals surface area contributed by atoms with Crippen molar-refractivity contribution < 1.29 is 13.9 Å². The van der Waals surface area contributed by atoms with Crippen LogP contribution < -0.4 is 10.1 Å². The number of nitrogens with zero attached hydrogens (tertiary/aromatic N) is 5. The van der Waals surface area contributed by atoms with Gasteiger partial charge in [-0.05, 0) is 25.3 Å². The molecule has 1 atom stereocenters. The summed E-state index contributed by atoms with van der Waals surface area (Å²) >= 11 is 0. The summed E-state index contributed by atoms with van der Waals surface area (Å²) in [6.07, 6.45) is 5.68. The Morgan fingerprint density at radius 3 is 2.87 bits per heavy atom. The van der Waals surface area contributed by atoms with Crippen molar-refractivity contribution in [3.8, 4) is 11.9 Å². The van der Waals surface area contributed by atoms with Gasteiger partial charge in [0.1, 0.15) is 17.7 Å². The highest BCUT2D eigenvalue weighted by molar-refractivity contribution is 5.96. The Morgan fingerprint density at radius 1 is 1.33 bits per heavy atom. The molecular formula is C21H19FN6O2. The number of pyridine rings is 1. The number of fused-ring (bicyclic) bond motifs is 3. The van der Waals surface area contributed by atoms with E-state index in [0.717, 1.165) is 24.1 Å². The molecule has 8 nitrogen and oxygen atoms in total. The van der Waals surface area contributed by atoms with Crippen molar-refractivity contribution in [2.45, 2.75) is 50.5 Å². The fourth-order valence-electron chi connectivity index (χ4n) is 4.07. The van der Waals surface area contributed by atoms with Gasteiger partial charge in [-0.1, -0.05) is 13.8 Å². The van der Waals surface area contributed by atoms with Crippen molar-refractivity contribution in [3.63, 3.8) is 0 Å². The lowest BCUT2D eigenvalue weighted by atomic mass is 9.88. The van der Waals surface area contributed by atoms with E-state index in [1.165, 1.54) is 16.8 Å². The summed E-state index contributed by atoms with van der Waals surface area (Å²) in [5.41, 5.74) is 2.22. The standard InChI is InChI=1S/C21H19FN6O2/c1-21(2)7-14(15-10-24-17-6-16(22)27-28(17)18(15)21)19(29)26-12-5-11(8-23)20(25-9-12)30-13-3-4-13/h5-6,9-10,13-14H,3-4,7H2,1-2H3,(H,26,29)/t14-/m0/s1. The summed E-state index contributed by atoms with van der Waals surface area (Å²) < 4.78 is 20.8. The third kappa shape index (κ3) is 3.05. The summed E-state index contributed by atoms with van der Waals surface area (Å²) in [6.45, 7) is 4.00. The molecular weight excluding hydrogens is 387 g/mol. The second kappa shape index (κ2) is 6.49. The maximum absolute atomic E-state index is 13.7. The van der Waals surface area contributed by atoms with Crippen LogP contribution in [0.25, 0.3) is 5.65 Å². The average Bonchev–Trinajstić information content (AvgIpc) is 3.36. The highest BCUT2D eigenvalue weighted by atomic mass is 19.1. The van der Waals surface area contributed by atoms with Gasteiger partial charge in [0, 0.05) is 23.2 Å². The van der Waals surface area contributed by atoms with Gasteiger partial charge in [0.15, 0.2) is 5.65 Å². The van der Waals surface area contributed by atoms with Gasteiger partial charge in [0.25, 0.3) is 0 Å². The van der Waals surface area contributed by atoms with Crippen LogP contribution >= 0.6 is 0 Å². The molecule has 0 aromatic carbocycles. The molecule has 1 saturated carbocycles. The minimum absolute atomic E-state index is 0.124. The molecule has 3 heterocycles. The van der Waals surface area contributed by atoms with Crippen LogP contribution in [0, 0.1) is 17.3 Å². The summed E-state index contributed by atoms with van der Waals surface area (Å²) in [5.74, 6) is -1.04. The number of anilines is 1. The second-order valence-electron chi connectivity index (χ2n) is 8.43. The van der Waals surface area contributed by atoms with Gasteiger partial charge in [-0.15, -0.1) is 5.10 Å². The fourth-order valence-corrected chi connectivity index (χ4v) is 4.07. The molecule has 2 aliphatic carbocycles. The van der Waals surface area contributed by atoms with E-state index in [2.05, 4.69) is 26.5 Å². The number of hydrogen-bond donors (Lipinski definition) is 1. The first-order valence-electron chi connectivity index (χ1n) is 9.78. The van der Waals surface area contributed by atoms with Crippen molar-refractivity contribution >= 4 is 17.2 Å². The van der Waals surface area contributed by atoms with E-state index in [1.54, 1.807) is 12.3 Å². The van der Waals surface area contributed by atoms with Gasteiger partial charge in [-0.2, -0.15) is 9.65 Å². The molecule has 0 radical (unpaired) electrons. The van der Waals surface area contributed by atoms with Crippen LogP contribution in [0.4, 0.5) is 10.1 Å². The third-order valence-electron chi connectivity index (χ3n) is 5.57. The van der Waals surface area contributed by atoms with Crippen LogP contribution in [0.5, 0.6) is 5.88 Å². The Balaban J connectivity index is 1.44. The van der Waals surface area contributed by atoms with E-state index in [1.807, 2.05) is 13.8 Å². The van der Waals surface area contributed by atoms with E-state index in [9.17, 15) is 14.4 Å². The Kier molecular flexibility index (Phi) is 4.00. The van der Waals surface area contributed by atoms with E-state index >= 15 is 0 Å². The Labute approximate surface area is 171 Å². The van der Waals surface area contributed by atoms with Gasteiger partial charge in [0.05, 0.1) is 23.5 Å². The van der Waals surface area contributed by atoms with Crippen molar-refractivity contribution in [1.29, 1.82) is 5.26 Å². The third-order valence-corrected chi connectivity index (χ3v) is 5.57. The number of amides is 1. The minimum Gasteiger partial charge on any atom is -0.473 e. The summed E-state index contributed by atoms with van der Waals surface area (Å²) in [5, 5.41) is 16.2.